The molecule has 1 aromatic heterocycles. The van der Waals surface area contributed by atoms with E-state index in [1.807, 2.05) is 6.07 Å². The van der Waals surface area contributed by atoms with Crippen LogP contribution in [0.15, 0.2) is 34.9 Å². The van der Waals surface area contributed by atoms with E-state index in [2.05, 4.69) is 15.9 Å². The highest BCUT2D eigenvalue weighted by Crippen LogP contribution is 2.25. The zero-order chi connectivity index (χ0) is 12.4. The molecule has 0 spiro atoms. The van der Waals surface area contributed by atoms with Crippen molar-refractivity contribution in [2.24, 2.45) is 0 Å². The maximum atomic E-state index is 11.7. The Labute approximate surface area is 107 Å². The van der Waals surface area contributed by atoms with Crippen LogP contribution in [-0.2, 0) is 4.74 Å². The molecule has 4 nitrogen and oxygen atoms in total. The van der Waals surface area contributed by atoms with Crippen molar-refractivity contribution in [2.45, 2.75) is 6.92 Å². The van der Waals surface area contributed by atoms with Gasteiger partial charge in [-0.15, -0.1) is 0 Å². The zero-order valence-corrected chi connectivity index (χ0v) is 10.7. The SMILES string of the molecule is CCOC(=O)c1c[n+]([O-])c2ccccc2c1Br. The third-order valence-electron chi connectivity index (χ3n) is 2.36. The fourth-order valence-electron chi connectivity index (χ4n) is 1.59. The molecule has 0 bridgehead atoms. The Morgan fingerprint density at radius 3 is 2.88 bits per heavy atom. The molecule has 2 rings (SSSR count). The van der Waals surface area contributed by atoms with E-state index < -0.39 is 5.97 Å². The quantitative estimate of drug-likeness (QED) is 0.486. The molecule has 0 aliphatic rings. The van der Waals surface area contributed by atoms with Crippen LogP contribution in [0.1, 0.15) is 17.3 Å². The molecule has 1 aromatic carbocycles. The summed E-state index contributed by atoms with van der Waals surface area (Å²) in [6.07, 6.45) is 1.23. The van der Waals surface area contributed by atoms with Gasteiger partial charge in [0.15, 0.2) is 6.20 Å². The van der Waals surface area contributed by atoms with Crippen molar-refractivity contribution < 1.29 is 14.3 Å². The summed E-state index contributed by atoms with van der Waals surface area (Å²) in [6, 6.07) is 7.05. The van der Waals surface area contributed by atoms with Gasteiger partial charge in [0.2, 0.25) is 5.52 Å². The molecule has 17 heavy (non-hydrogen) atoms. The van der Waals surface area contributed by atoms with Crippen LogP contribution in [0.25, 0.3) is 10.9 Å². The number of para-hydroxylation sites is 1. The maximum Gasteiger partial charge on any atom is 0.345 e. The first-order valence-corrected chi connectivity index (χ1v) is 5.92. The topological polar surface area (TPSA) is 53.2 Å². The first-order valence-electron chi connectivity index (χ1n) is 5.12. The zero-order valence-electron chi connectivity index (χ0n) is 9.14. The number of carbonyl (C=O) groups excluding carboxylic acids is 1. The number of fused-ring (bicyclic) bond motifs is 1. The number of esters is 1. The minimum Gasteiger partial charge on any atom is -0.618 e. The van der Waals surface area contributed by atoms with Crippen LogP contribution < -0.4 is 4.73 Å². The van der Waals surface area contributed by atoms with Gasteiger partial charge in [0.25, 0.3) is 0 Å². The summed E-state index contributed by atoms with van der Waals surface area (Å²) in [5.41, 5.74) is 0.743. The Hall–Kier alpha value is -1.62. The molecule has 0 amide bonds. The van der Waals surface area contributed by atoms with E-state index in [0.717, 1.165) is 0 Å². The molecular weight excluding hydrogens is 286 g/mol. The van der Waals surface area contributed by atoms with Crippen molar-refractivity contribution in [1.82, 2.24) is 0 Å². The summed E-state index contributed by atoms with van der Waals surface area (Å²) in [6.45, 7) is 2.00. The van der Waals surface area contributed by atoms with Crippen LogP contribution >= 0.6 is 15.9 Å². The van der Waals surface area contributed by atoms with Crippen LogP contribution in [0.4, 0.5) is 0 Å². The second-order valence-corrected chi connectivity index (χ2v) is 4.21. The lowest BCUT2D eigenvalue weighted by Gasteiger charge is -2.07. The summed E-state index contributed by atoms with van der Waals surface area (Å²) >= 11 is 3.33. The number of halogens is 1. The van der Waals surface area contributed by atoms with Crippen LogP contribution in [0.5, 0.6) is 0 Å². The van der Waals surface area contributed by atoms with E-state index in [9.17, 15) is 10.0 Å². The molecular formula is C12H10BrNO3. The largest absolute Gasteiger partial charge is 0.618 e. The number of benzene rings is 1. The van der Waals surface area contributed by atoms with Crippen molar-refractivity contribution in [3.63, 3.8) is 0 Å². The van der Waals surface area contributed by atoms with Crippen molar-refractivity contribution in [3.05, 3.63) is 45.7 Å². The van der Waals surface area contributed by atoms with E-state index in [1.54, 1.807) is 25.1 Å². The molecule has 2 aromatic rings. The predicted octanol–water partition coefficient (Wildman–Crippen LogP) is 2.41. The summed E-state index contributed by atoms with van der Waals surface area (Å²) < 4.78 is 6.15. The monoisotopic (exact) mass is 295 g/mol. The van der Waals surface area contributed by atoms with Crippen LogP contribution in [0.3, 0.4) is 0 Å². The second kappa shape index (κ2) is 4.71. The van der Waals surface area contributed by atoms with Crippen molar-refractivity contribution >= 4 is 32.8 Å². The molecule has 0 aliphatic heterocycles. The molecule has 0 saturated carbocycles. The van der Waals surface area contributed by atoms with Gasteiger partial charge in [-0.3, -0.25) is 0 Å². The first kappa shape index (κ1) is 11.9. The highest BCUT2D eigenvalue weighted by molar-refractivity contribution is 9.10. The smallest absolute Gasteiger partial charge is 0.345 e. The van der Waals surface area contributed by atoms with Crippen LogP contribution in [0.2, 0.25) is 0 Å². The Morgan fingerprint density at radius 2 is 2.18 bits per heavy atom. The highest BCUT2D eigenvalue weighted by Gasteiger charge is 2.19. The van der Waals surface area contributed by atoms with Gasteiger partial charge in [0.05, 0.1) is 16.5 Å². The fourth-order valence-corrected chi connectivity index (χ4v) is 2.19. The van der Waals surface area contributed by atoms with Gasteiger partial charge in [-0.2, -0.15) is 4.73 Å². The number of pyridine rings is 1. The van der Waals surface area contributed by atoms with Gasteiger partial charge < -0.3 is 9.94 Å². The second-order valence-electron chi connectivity index (χ2n) is 3.42. The van der Waals surface area contributed by atoms with E-state index in [4.69, 9.17) is 4.74 Å². The lowest BCUT2D eigenvalue weighted by Crippen LogP contribution is -2.28. The number of nitrogens with zero attached hydrogens (tertiary/aromatic N) is 1. The number of hydrogen-bond acceptors (Lipinski definition) is 3. The molecule has 88 valence electrons. The van der Waals surface area contributed by atoms with Gasteiger partial charge in [0, 0.05) is 6.07 Å². The van der Waals surface area contributed by atoms with Gasteiger partial charge in [-0.05, 0) is 28.9 Å². The van der Waals surface area contributed by atoms with Gasteiger partial charge in [0.1, 0.15) is 5.56 Å². The predicted molar refractivity (Wildman–Crippen MR) is 66.6 cm³/mol. The Kier molecular flexibility index (Phi) is 3.28. The van der Waals surface area contributed by atoms with Crippen molar-refractivity contribution in [2.75, 3.05) is 6.61 Å². The summed E-state index contributed by atoms with van der Waals surface area (Å²) in [5.74, 6) is -0.505. The third-order valence-corrected chi connectivity index (χ3v) is 3.21. The van der Waals surface area contributed by atoms with Gasteiger partial charge in [-0.1, -0.05) is 12.1 Å². The van der Waals surface area contributed by atoms with Crippen LogP contribution in [-0.4, -0.2) is 12.6 Å². The van der Waals surface area contributed by atoms with E-state index in [1.165, 1.54) is 6.20 Å². The van der Waals surface area contributed by atoms with E-state index >= 15 is 0 Å². The van der Waals surface area contributed by atoms with E-state index in [-0.39, 0.29) is 12.2 Å². The van der Waals surface area contributed by atoms with Gasteiger partial charge in [-0.25, -0.2) is 4.79 Å². The molecule has 1 heterocycles. The van der Waals surface area contributed by atoms with Crippen molar-refractivity contribution in [1.29, 1.82) is 0 Å². The highest BCUT2D eigenvalue weighted by atomic mass is 79.9. The summed E-state index contributed by atoms with van der Waals surface area (Å²) in [5, 5.41) is 12.4. The average molecular weight is 296 g/mol. The normalized spacial score (nSPS) is 10.5. The Balaban J connectivity index is 2.67. The minimum absolute atomic E-state index is 0.237. The number of ether oxygens (including phenoxy) is 1. The first-order chi connectivity index (χ1) is 8.15. The van der Waals surface area contributed by atoms with Gasteiger partial charge >= 0.3 is 5.97 Å². The fraction of sp³-hybridized carbons (Fsp3) is 0.167. The molecule has 0 N–H and O–H groups in total. The molecule has 0 aliphatic carbocycles. The average Bonchev–Trinajstić information content (AvgIpc) is 2.34. The van der Waals surface area contributed by atoms with Crippen molar-refractivity contribution in [3.8, 4) is 0 Å². The number of aromatic nitrogens is 1. The van der Waals surface area contributed by atoms with Crippen LogP contribution in [0, 0.1) is 5.21 Å². The number of hydrogen-bond donors (Lipinski definition) is 0. The minimum atomic E-state index is -0.505. The molecule has 0 saturated heterocycles. The summed E-state index contributed by atoms with van der Waals surface area (Å²) in [7, 11) is 0. The lowest BCUT2D eigenvalue weighted by molar-refractivity contribution is -0.577. The molecule has 5 heteroatoms. The number of rotatable bonds is 2. The lowest BCUT2D eigenvalue weighted by atomic mass is 10.1. The molecule has 0 fully saturated rings. The molecule has 0 atom stereocenters. The molecule has 0 radical (unpaired) electrons. The Bertz CT molecular complexity index is 583. The van der Waals surface area contributed by atoms with E-state index in [0.29, 0.717) is 20.1 Å². The standard InChI is InChI=1S/C12H10BrNO3/c1-2-17-12(15)9-7-14(16)10-6-4-3-5-8(10)11(9)13/h3-7H,2H2,1H3. The number of carbonyl (C=O) groups is 1. The maximum absolute atomic E-state index is 11.7. The third kappa shape index (κ3) is 2.10. The Morgan fingerprint density at radius 1 is 1.47 bits per heavy atom. The molecule has 0 unspecified atom stereocenters. The summed E-state index contributed by atoms with van der Waals surface area (Å²) in [4.78, 5) is 11.7.